The van der Waals surface area contributed by atoms with Crippen LogP contribution in [0.5, 0.6) is 0 Å². The smallest absolute Gasteiger partial charge is 0.196 e. The molecule has 5 nitrogen and oxygen atoms in total. The van der Waals surface area contributed by atoms with Crippen LogP contribution in [0.3, 0.4) is 0 Å². The predicted molar refractivity (Wildman–Crippen MR) is 141 cm³/mol. The molecule has 0 aliphatic heterocycles. The molecule has 5 heteroatoms. The fourth-order valence-corrected chi connectivity index (χ4v) is 4.26. The highest BCUT2D eigenvalue weighted by Gasteiger charge is 2.19. The van der Waals surface area contributed by atoms with Crippen LogP contribution in [0.15, 0.2) is 94.4 Å². The molecular formula is C29H29N3O2. The monoisotopic (exact) mass is 451 g/mol. The molecule has 4 rings (SSSR count). The van der Waals surface area contributed by atoms with E-state index in [1.165, 1.54) is 12.4 Å². The molecule has 172 valence electrons. The summed E-state index contributed by atoms with van der Waals surface area (Å²) in [6.45, 7) is 5.86. The van der Waals surface area contributed by atoms with E-state index in [0.717, 1.165) is 33.5 Å². The number of nitrogens with one attached hydrogen (secondary N) is 1. The number of rotatable bonds is 6. The number of fused-ring (bicyclic) bond motifs is 1. The summed E-state index contributed by atoms with van der Waals surface area (Å²) in [6.07, 6.45) is 4.76. The highest BCUT2D eigenvalue weighted by molar-refractivity contribution is 5.85. The molecule has 0 saturated carbocycles. The van der Waals surface area contributed by atoms with E-state index in [1.54, 1.807) is 6.08 Å². The van der Waals surface area contributed by atoms with Crippen LogP contribution in [0, 0.1) is 13.8 Å². The molecule has 4 aromatic rings. The van der Waals surface area contributed by atoms with Crippen LogP contribution in [0.4, 0.5) is 5.69 Å². The predicted octanol–water partition coefficient (Wildman–Crippen LogP) is 6.02. The van der Waals surface area contributed by atoms with Crippen LogP contribution in [-0.2, 0) is 0 Å². The van der Waals surface area contributed by atoms with Gasteiger partial charge in [-0.05, 0) is 50.7 Å². The lowest BCUT2D eigenvalue weighted by Crippen LogP contribution is -2.13. The average Bonchev–Trinajstić information content (AvgIpc) is 2.85. The van der Waals surface area contributed by atoms with Gasteiger partial charge in [-0.25, -0.2) is 0 Å². The van der Waals surface area contributed by atoms with Gasteiger partial charge in [-0.15, -0.1) is 0 Å². The summed E-state index contributed by atoms with van der Waals surface area (Å²) in [5.41, 5.74) is 18.1. The first kappa shape index (κ1) is 22.9. The molecule has 1 aromatic heterocycles. The zero-order valence-corrected chi connectivity index (χ0v) is 19.6. The van der Waals surface area contributed by atoms with Crippen molar-refractivity contribution in [3.05, 3.63) is 118 Å². The molecule has 0 spiro atoms. The molecule has 0 saturated heterocycles. The Kier molecular flexibility index (Phi) is 6.55. The molecule has 0 aliphatic carbocycles. The number of allylic oxidation sites excluding steroid dienone is 2. The zero-order chi connectivity index (χ0) is 24.2. The van der Waals surface area contributed by atoms with Gasteiger partial charge >= 0.3 is 0 Å². The highest BCUT2D eigenvalue weighted by atomic mass is 16.3. The number of hydrogen-bond acceptors (Lipinski definition) is 5. The third-order valence-corrected chi connectivity index (χ3v) is 5.96. The minimum atomic E-state index is -0.154. The van der Waals surface area contributed by atoms with Crippen LogP contribution >= 0.6 is 0 Å². The van der Waals surface area contributed by atoms with E-state index < -0.39 is 0 Å². The number of para-hydroxylation sites is 1. The molecule has 1 unspecified atom stereocenters. The van der Waals surface area contributed by atoms with Gasteiger partial charge in [0.15, 0.2) is 5.43 Å². The Hall–Kier alpha value is -4.25. The van der Waals surface area contributed by atoms with E-state index in [1.807, 2.05) is 74.5 Å². The fourth-order valence-electron chi connectivity index (χ4n) is 4.26. The molecule has 0 fully saturated rings. The van der Waals surface area contributed by atoms with Crippen molar-refractivity contribution in [2.75, 3.05) is 5.32 Å². The largest absolute Gasteiger partial charge is 0.455 e. The number of aryl methyl sites for hydroxylation is 1. The lowest BCUT2D eigenvalue weighted by atomic mass is 9.98. The Morgan fingerprint density at radius 3 is 2.41 bits per heavy atom. The second-order valence-corrected chi connectivity index (χ2v) is 8.37. The van der Waals surface area contributed by atoms with Crippen LogP contribution in [-0.4, -0.2) is 0 Å². The molecule has 34 heavy (non-hydrogen) atoms. The highest BCUT2D eigenvalue weighted by Crippen LogP contribution is 2.33. The van der Waals surface area contributed by atoms with Gasteiger partial charge in [0.1, 0.15) is 11.3 Å². The van der Waals surface area contributed by atoms with Gasteiger partial charge in [0.2, 0.25) is 0 Å². The van der Waals surface area contributed by atoms with Crippen LogP contribution in [0.1, 0.15) is 35.2 Å². The summed E-state index contributed by atoms with van der Waals surface area (Å²) in [7, 11) is 0. The number of anilines is 1. The van der Waals surface area contributed by atoms with Crippen molar-refractivity contribution in [2.45, 2.75) is 26.8 Å². The topological polar surface area (TPSA) is 94.3 Å². The minimum Gasteiger partial charge on any atom is -0.455 e. The van der Waals surface area contributed by atoms with Crippen LogP contribution in [0.25, 0.3) is 27.9 Å². The molecule has 0 aliphatic rings. The van der Waals surface area contributed by atoms with Crippen molar-refractivity contribution in [2.24, 2.45) is 11.5 Å². The van der Waals surface area contributed by atoms with Crippen molar-refractivity contribution in [3.63, 3.8) is 0 Å². The van der Waals surface area contributed by atoms with E-state index in [-0.39, 0.29) is 11.5 Å². The van der Waals surface area contributed by atoms with E-state index in [9.17, 15) is 4.79 Å². The maximum Gasteiger partial charge on any atom is 0.196 e. The Bertz CT molecular complexity index is 1450. The Balaban J connectivity index is 1.86. The standard InChI is InChI=1S/C29H29N3O2/c1-18-15-24(20(3)32-26-12-8-7-11-23(26)22(17-31)13-14-30)29-25(16-18)27(33)19(2)28(34-29)21-9-5-4-6-10-21/h4-17,20,32H,30-31H2,1-3H3/b14-13-,22-17+. The lowest BCUT2D eigenvalue weighted by molar-refractivity contribution is 0.605. The van der Waals surface area contributed by atoms with E-state index in [2.05, 4.69) is 18.3 Å². The first-order valence-corrected chi connectivity index (χ1v) is 11.2. The van der Waals surface area contributed by atoms with Gasteiger partial charge in [-0.3, -0.25) is 4.79 Å². The van der Waals surface area contributed by atoms with Gasteiger partial charge in [0, 0.05) is 39.7 Å². The number of benzene rings is 3. The summed E-state index contributed by atoms with van der Waals surface area (Å²) in [4.78, 5) is 13.3. The molecule has 3 aromatic carbocycles. The first-order chi connectivity index (χ1) is 16.4. The summed E-state index contributed by atoms with van der Waals surface area (Å²) in [5.74, 6) is 0.595. The van der Waals surface area contributed by atoms with Gasteiger partial charge in [-0.1, -0.05) is 54.6 Å². The average molecular weight is 452 g/mol. The van der Waals surface area contributed by atoms with Crippen LogP contribution in [0.2, 0.25) is 0 Å². The van der Waals surface area contributed by atoms with Crippen molar-refractivity contribution < 1.29 is 4.42 Å². The Labute approximate surface area is 199 Å². The van der Waals surface area contributed by atoms with Gasteiger partial charge in [0.25, 0.3) is 0 Å². The summed E-state index contributed by atoms with van der Waals surface area (Å²) in [5, 5.41) is 4.17. The maximum absolute atomic E-state index is 13.3. The van der Waals surface area contributed by atoms with Crippen molar-refractivity contribution in [1.29, 1.82) is 0 Å². The van der Waals surface area contributed by atoms with Crippen molar-refractivity contribution >= 4 is 22.2 Å². The summed E-state index contributed by atoms with van der Waals surface area (Å²) in [6, 6.07) is 21.4. The van der Waals surface area contributed by atoms with Crippen molar-refractivity contribution in [3.8, 4) is 11.3 Å². The zero-order valence-electron chi connectivity index (χ0n) is 19.6. The molecule has 1 heterocycles. The quantitative estimate of drug-likeness (QED) is 0.312. The van der Waals surface area contributed by atoms with E-state index in [0.29, 0.717) is 22.3 Å². The Morgan fingerprint density at radius 2 is 1.71 bits per heavy atom. The number of nitrogens with two attached hydrogens (primary N) is 2. The molecule has 0 radical (unpaired) electrons. The fraction of sp³-hybridized carbons (Fsp3) is 0.138. The van der Waals surface area contributed by atoms with Gasteiger partial charge < -0.3 is 21.2 Å². The lowest BCUT2D eigenvalue weighted by Gasteiger charge is -2.21. The third kappa shape index (κ3) is 4.33. The summed E-state index contributed by atoms with van der Waals surface area (Å²) < 4.78 is 6.44. The SMILES string of the molecule is Cc1cc(C(C)Nc2ccccc2C(/C=C\N)=C/N)c2oc(-c3ccccc3)c(C)c(=O)c2c1. The summed E-state index contributed by atoms with van der Waals surface area (Å²) >= 11 is 0. The molecule has 0 amide bonds. The molecular weight excluding hydrogens is 422 g/mol. The third-order valence-electron chi connectivity index (χ3n) is 5.96. The second kappa shape index (κ2) is 9.71. The van der Waals surface area contributed by atoms with Gasteiger partial charge in [0.05, 0.1) is 11.4 Å². The minimum absolute atomic E-state index is 0.0147. The molecule has 0 bridgehead atoms. The van der Waals surface area contributed by atoms with Gasteiger partial charge in [-0.2, -0.15) is 0 Å². The van der Waals surface area contributed by atoms with E-state index in [4.69, 9.17) is 15.9 Å². The normalized spacial score (nSPS) is 12.9. The van der Waals surface area contributed by atoms with Crippen molar-refractivity contribution in [1.82, 2.24) is 0 Å². The number of hydrogen-bond donors (Lipinski definition) is 3. The first-order valence-electron chi connectivity index (χ1n) is 11.2. The maximum atomic E-state index is 13.3. The second-order valence-electron chi connectivity index (χ2n) is 8.37. The molecule has 5 N–H and O–H groups in total. The Morgan fingerprint density at radius 1 is 1.00 bits per heavy atom. The van der Waals surface area contributed by atoms with Crippen LogP contribution < -0.4 is 22.2 Å². The molecule has 1 atom stereocenters. The van der Waals surface area contributed by atoms with E-state index >= 15 is 0 Å².